The molecule has 1 fully saturated rings. The summed E-state index contributed by atoms with van der Waals surface area (Å²) in [4.78, 5) is 0. The Balaban J connectivity index is 2.08. The molecule has 1 aromatic carbocycles. The number of rotatable bonds is 4. The summed E-state index contributed by atoms with van der Waals surface area (Å²) in [5.41, 5.74) is 1.22. The lowest BCUT2D eigenvalue weighted by molar-refractivity contribution is 0.381. The molecule has 4 nitrogen and oxygen atoms in total. The Hall–Kier alpha value is -1.26. The minimum absolute atomic E-state index is 0.478. The van der Waals surface area contributed by atoms with Crippen LogP contribution < -0.4 is 20.1 Å². The van der Waals surface area contributed by atoms with Crippen molar-refractivity contribution < 1.29 is 9.47 Å². The molecule has 1 atom stereocenters. The Morgan fingerprint density at radius 2 is 2.12 bits per heavy atom. The number of nitrogens with one attached hydrogen (secondary N) is 2. The highest BCUT2D eigenvalue weighted by Crippen LogP contribution is 2.25. The van der Waals surface area contributed by atoms with Crippen LogP contribution in [0.2, 0.25) is 0 Å². The zero-order valence-corrected chi connectivity index (χ0v) is 10.5. The van der Waals surface area contributed by atoms with E-state index in [1.54, 1.807) is 14.2 Å². The third kappa shape index (κ3) is 3.11. The van der Waals surface area contributed by atoms with Gasteiger partial charge in [-0.3, -0.25) is 0 Å². The first-order valence-corrected chi connectivity index (χ1v) is 5.98. The summed E-state index contributed by atoms with van der Waals surface area (Å²) >= 11 is 0. The smallest absolute Gasteiger partial charge is 0.125 e. The monoisotopic (exact) mass is 236 g/mol. The number of methoxy groups -OCH3 is 2. The highest BCUT2D eigenvalue weighted by molar-refractivity contribution is 5.41. The highest BCUT2D eigenvalue weighted by Gasteiger charge is 2.15. The van der Waals surface area contributed by atoms with Crippen LogP contribution in [0.3, 0.4) is 0 Å². The summed E-state index contributed by atoms with van der Waals surface area (Å²) in [7, 11) is 3.37. The Labute approximate surface area is 102 Å². The van der Waals surface area contributed by atoms with Crippen LogP contribution in [0.5, 0.6) is 11.5 Å². The lowest BCUT2D eigenvalue weighted by Gasteiger charge is -2.25. The van der Waals surface area contributed by atoms with Gasteiger partial charge in [0.25, 0.3) is 0 Å². The minimum atomic E-state index is 0.478. The molecule has 0 amide bonds. The lowest BCUT2D eigenvalue weighted by atomic mass is 10.0. The largest absolute Gasteiger partial charge is 0.497 e. The van der Waals surface area contributed by atoms with E-state index in [2.05, 4.69) is 16.7 Å². The molecule has 1 heterocycles. The second-order valence-electron chi connectivity index (χ2n) is 4.24. The van der Waals surface area contributed by atoms with Crippen molar-refractivity contribution in [3.8, 4) is 11.5 Å². The molecule has 4 heteroatoms. The van der Waals surface area contributed by atoms with Crippen LogP contribution in [0.15, 0.2) is 18.2 Å². The molecule has 1 aliphatic heterocycles. The van der Waals surface area contributed by atoms with Crippen molar-refractivity contribution in [3.05, 3.63) is 23.8 Å². The number of ether oxygens (including phenoxy) is 2. The van der Waals surface area contributed by atoms with Gasteiger partial charge in [0, 0.05) is 31.7 Å². The van der Waals surface area contributed by atoms with Gasteiger partial charge in [0.1, 0.15) is 11.5 Å². The maximum absolute atomic E-state index is 5.40. The van der Waals surface area contributed by atoms with Crippen molar-refractivity contribution in [3.63, 3.8) is 0 Å². The maximum Gasteiger partial charge on any atom is 0.125 e. The van der Waals surface area contributed by atoms with Gasteiger partial charge in [-0.2, -0.15) is 0 Å². The fraction of sp³-hybridized carbons (Fsp3) is 0.538. The van der Waals surface area contributed by atoms with Gasteiger partial charge in [-0.05, 0) is 18.1 Å². The zero-order valence-electron chi connectivity index (χ0n) is 10.5. The number of piperazine rings is 1. The van der Waals surface area contributed by atoms with Crippen molar-refractivity contribution in [1.82, 2.24) is 10.6 Å². The van der Waals surface area contributed by atoms with E-state index in [1.807, 2.05) is 12.1 Å². The van der Waals surface area contributed by atoms with Crippen molar-refractivity contribution in [2.45, 2.75) is 12.5 Å². The van der Waals surface area contributed by atoms with E-state index in [1.165, 1.54) is 5.56 Å². The van der Waals surface area contributed by atoms with E-state index in [9.17, 15) is 0 Å². The first-order valence-electron chi connectivity index (χ1n) is 5.98. The standard InChI is InChI=1S/C13H20N2O2/c1-16-12-4-3-10(13(8-12)17-2)7-11-9-14-5-6-15-11/h3-4,8,11,14-15H,5-7,9H2,1-2H3. The second-order valence-corrected chi connectivity index (χ2v) is 4.24. The summed E-state index contributed by atoms with van der Waals surface area (Å²) in [6.07, 6.45) is 0.972. The van der Waals surface area contributed by atoms with E-state index in [4.69, 9.17) is 9.47 Å². The van der Waals surface area contributed by atoms with Crippen LogP contribution in [0, 0.1) is 0 Å². The molecule has 0 aliphatic carbocycles. The van der Waals surface area contributed by atoms with Crippen LogP contribution in [-0.4, -0.2) is 39.9 Å². The van der Waals surface area contributed by atoms with Gasteiger partial charge in [0.05, 0.1) is 14.2 Å². The molecule has 0 aromatic heterocycles. The van der Waals surface area contributed by atoms with Gasteiger partial charge < -0.3 is 20.1 Å². The third-order valence-corrected chi connectivity index (χ3v) is 3.09. The first-order chi connectivity index (χ1) is 8.33. The molecular weight excluding hydrogens is 216 g/mol. The Morgan fingerprint density at radius 1 is 1.24 bits per heavy atom. The zero-order chi connectivity index (χ0) is 12.1. The Kier molecular flexibility index (Phi) is 4.23. The van der Waals surface area contributed by atoms with Gasteiger partial charge in [-0.1, -0.05) is 6.07 Å². The molecule has 1 aromatic rings. The normalized spacial score (nSPS) is 20.0. The molecular formula is C13H20N2O2. The average Bonchev–Trinajstić information content (AvgIpc) is 2.40. The van der Waals surface area contributed by atoms with E-state index >= 15 is 0 Å². The fourth-order valence-electron chi connectivity index (χ4n) is 2.14. The van der Waals surface area contributed by atoms with Crippen LogP contribution >= 0.6 is 0 Å². The van der Waals surface area contributed by atoms with Crippen molar-refractivity contribution in [2.24, 2.45) is 0 Å². The lowest BCUT2D eigenvalue weighted by Crippen LogP contribution is -2.49. The quantitative estimate of drug-likeness (QED) is 0.812. The van der Waals surface area contributed by atoms with Crippen LogP contribution in [0.25, 0.3) is 0 Å². The van der Waals surface area contributed by atoms with Gasteiger partial charge in [-0.25, -0.2) is 0 Å². The molecule has 0 saturated carbocycles. The average molecular weight is 236 g/mol. The molecule has 2 rings (SSSR count). The Bertz CT molecular complexity index is 362. The first kappa shape index (κ1) is 12.2. The van der Waals surface area contributed by atoms with Gasteiger partial charge in [-0.15, -0.1) is 0 Å². The molecule has 0 radical (unpaired) electrons. The predicted molar refractivity (Wildman–Crippen MR) is 67.9 cm³/mol. The van der Waals surface area contributed by atoms with Crippen molar-refractivity contribution in [1.29, 1.82) is 0 Å². The van der Waals surface area contributed by atoms with E-state index in [-0.39, 0.29) is 0 Å². The van der Waals surface area contributed by atoms with E-state index < -0.39 is 0 Å². The fourth-order valence-corrected chi connectivity index (χ4v) is 2.14. The van der Waals surface area contributed by atoms with Gasteiger partial charge >= 0.3 is 0 Å². The molecule has 1 aliphatic rings. The van der Waals surface area contributed by atoms with Gasteiger partial charge in [0.15, 0.2) is 0 Å². The molecule has 0 bridgehead atoms. The number of hydrogen-bond donors (Lipinski definition) is 2. The molecule has 1 saturated heterocycles. The summed E-state index contributed by atoms with van der Waals surface area (Å²) in [6.45, 7) is 3.09. The topological polar surface area (TPSA) is 42.5 Å². The van der Waals surface area contributed by atoms with Gasteiger partial charge in [0.2, 0.25) is 0 Å². The molecule has 94 valence electrons. The Morgan fingerprint density at radius 3 is 2.76 bits per heavy atom. The summed E-state index contributed by atoms with van der Waals surface area (Å²) in [5, 5.41) is 6.89. The van der Waals surface area contributed by atoms with Crippen LogP contribution in [0.4, 0.5) is 0 Å². The molecule has 2 N–H and O–H groups in total. The molecule has 1 unspecified atom stereocenters. The third-order valence-electron chi connectivity index (χ3n) is 3.09. The highest BCUT2D eigenvalue weighted by atomic mass is 16.5. The van der Waals surface area contributed by atoms with E-state index in [0.29, 0.717) is 6.04 Å². The summed E-state index contributed by atoms with van der Waals surface area (Å²) < 4.78 is 10.6. The molecule has 17 heavy (non-hydrogen) atoms. The summed E-state index contributed by atoms with van der Waals surface area (Å²) in [5.74, 6) is 1.73. The summed E-state index contributed by atoms with van der Waals surface area (Å²) in [6, 6.07) is 6.47. The molecule has 0 spiro atoms. The van der Waals surface area contributed by atoms with Crippen LogP contribution in [0.1, 0.15) is 5.56 Å². The van der Waals surface area contributed by atoms with Crippen LogP contribution in [-0.2, 0) is 6.42 Å². The van der Waals surface area contributed by atoms with E-state index in [0.717, 1.165) is 37.6 Å². The predicted octanol–water partition coefficient (Wildman–Crippen LogP) is 0.808. The number of benzene rings is 1. The van der Waals surface area contributed by atoms with Crippen molar-refractivity contribution >= 4 is 0 Å². The second kappa shape index (κ2) is 5.89. The maximum atomic E-state index is 5.40. The van der Waals surface area contributed by atoms with Crippen molar-refractivity contribution in [2.75, 3.05) is 33.9 Å². The number of hydrogen-bond acceptors (Lipinski definition) is 4. The minimum Gasteiger partial charge on any atom is -0.497 e. The SMILES string of the molecule is COc1ccc(CC2CNCCN2)c(OC)c1.